The molecule has 1 fully saturated rings. The molecule has 98 valence electrons. The molecule has 1 heterocycles. The fourth-order valence-corrected chi connectivity index (χ4v) is 2.20. The maximum absolute atomic E-state index is 5.75. The molecule has 17 heavy (non-hydrogen) atoms. The first-order chi connectivity index (χ1) is 7.28. The Morgan fingerprint density at radius 3 is 2.65 bits per heavy atom. The van der Waals surface area contributed by atoms with Crippen molar-refractivity contribution in [1.82, 2.24) is 4.90 Å². The van der Waals surface area contributed by atoms with Crippen LogP contribution in [0.5, 0.6) is 0 Å². The second kappa shape index (κ2) is 7.77. The van der Waals surface area contributed by atoms with Crippen molar-refractivity contribution in [2.75, 3.05) is 25.4 Å². The Morgan fingerprint density at radius 1 is 1.29 bits per heavy atom. The van der Waals surface area contributed by atoms with Crippen molar-refractivity contribution in [3.8, 4) is 0 Å². The van der Waals surface area contributed by atoms with E-state index in [-0.39, 0.29) is 24.8 Å². The summed E-state index contributed by atoms with van der Waals surface area (Å²) in [5.41, 5.74) is 13.6. The highest BCUT2D eigenvalue weighted by Gasteiger charge is 2.20. The van der Waals surface area contributed by atoms with Gasteiger partial charge in [-0.15, -0.1) is 24.8 Å². The van der Waals surface area contributed by atoms with Gasteiger partial charge >= 0.3 is 0 Å². The lowest BCUT2D eigenvalue weighted by molar-refractivity contribution is 0.318. The van der Waals surface area contributed by atoms with Gasteiger partial charge in [-0.3, -0.25) is 4.90 Å². The average molecular weight is 278 g/mol. The molecular weight excluding hydrogens is 257 g/mol. The normalized spacial score (nSPS) is 19.5. The summed E-state index contributed by atoms with van der Waals surface area (Å²) in [5.74, 6) is 0.686. The molecule has 1 aliphatic rings. The maximum atomic E-state index is 5.75. The molecule has 0 saturated carbocycles. The highest BCUT2D eigenvalue weighted by molar-refractivity contribution is 5.85. The van der Waals surface area contributed by atoms with Gasteiger partial charge in [0, 0.05) is 18.8 Å². The SMILES string of the molecule is Cl.Cl.NCC1CCN(Cc2cccc(N)c2)C1. The summed E-state index contributed by atoms with van der Waals surface area (Å²) < 4.78 is 0. The highest BCUT2D eigenvalue weighted by atomic mass is 35.5. The Balaban J connectivity index is 0.00000128. The third-order valence-electron chi connectivity index (χ3n) is 3.06. The molecule has 3 nitrogen and oxygen atoms in total. The summed E-state index contributed by atoms with van der Waals surface area (Å²) in [6.07, 6.45) is 1.23. The average Bonchev–Trinajstić information content (AvgIpc) is 2.65. The minimum absolute atomic E-state index is 0. The Labute approximate surface area is 115 Å². The highest BCUT2D eigenvalue weighted by Crippen LogP contribution is 2.18. The lowest BCUT2D eigenvalue weighted by atomic mass is 10.1. The number of nitrogen functional groups attached to an aromatic ring is 1. The number of hydrogen-bond donors (Lipinski definition) is 2. The number of likely N-dealkylation sites (tertiary alicyclic amines) is 1. The molecule has 1 saturated heterocycles. The van der Waals surface area contributed by atoms with Crippen LogP contribution in [-0.4, -0.2) is 24.5 Å². The molecule has 0 spiro atoms. The summed E-state index contributed by atoms with van der Waals surface area (Å²) in [6, 6.07) is 8.12. The predicted molar refractivity (Wildman–Crippen MR) is 77.8 cm³/mol. The van der Waals surface area contributed by atoms with Crippen LogP contribution in [0.2, 0.25) is 0 Å². The van der Waals surface area contributed by atoms with Crippen LogP contribution >= 0.6 is 24.8 Å². The topological polar surface area (TPSA) is 55.3 Å². The van der Waals surface area contributed by atoms with Crippen LogP contribution in [0.3, 0.4) is 0 Å². The number of nitrogens with two attached hydrogens (primary N) is 2. The van der Waals surface area contributed by atoms with E-state index in [0.717, 1.165) is 31.9 Å². The van der Waals surface area contributed by atoms with Gasteiger partial charge in [-0.1, -0.05) is 12.1 Å². The molecule has 0 aromatic heterocycles. The van der Waals surface area contributed by atoms with Crippen LogP contribution in [0.4, 0.5) is 5.69 Å². The van der Waals surface area contributed by atoms with Crippen molar-refractivity contribution in [3.05, 3.63) is 29.8 Å². The summed E-state index contributed by atoms with van der Waals surface area (Å²) in [7, 11) is 0. The zero-order valence-corrected chi connectivity index (χ0v) is 11.5. The number of rotatable bonds is 3. The molecule has 1 aliphatic heterocycles. The number of benzene rings is 1. The first-order valence-corrected chi connectivity index (χ1v) is 5.55. The molecule has 2 rings (SSSR count). The minimum atomic E-state index is 0. The van der Waals surface area contributed by atoms with Gasteiger partial charge in [0.15, 0.2) is 0 Å². The molecule has 0 radical (unpaired) electrons. The molecule has 1 atom stereocenters. The van der Waals surface area contributed by atoms with E-state index in [0.29, 0.717) is 5.92 Å². The Bertz CT molecular complexity index is 333. The first-order valence-electron chi connectivity index (χ1n) is 5.55. The molecule has 0 aliphatic carbocycles. The Hall–Kier alpha value is -0.480. The van der Waals surface area contributed by atoms with Gasteiger partial charge in [0.25, 0.3) is 0 Å². The van der Waals surface area contributed by atoms with Crippen molar-refractivity contribution in [3.63, 3.8) is 0 Å². The number of anilines is 1. The van der Waals surface area contributed by atoms with E-state index >= 15 is 0 Å². The Morgan fingerprint density at radius 2 is 2.06 bits per heavy atom. The maximum Gasteiger partial charge on any atom is 0.0317 e. The smallest absolute Gasteiger partial charge is 0.0317 e. The molecule has 1 unspecified atom stereocenters. The fraction of sp³-hybridized carbons (Fsp3) is 0.500. The second-order valence-electron chi connectivity index (χ2n) is 4.37. The van der Waals surface area contributed by atoms with Crippen LogP contribution < -0.4 is 11.5 Å². The summed E-state index contributed by atoms with van der Waals surface area (Å²) >= 11 is 0. The monoisotopic (exact) mass is 277 g/mol. The fourth-order valence-electron chi connectivity index (χ4n) is 2.20. The predicted octanol–water partition coefficient (Wildman–Crippen LogP) is 1.89. The van der Waals surface area contributed by atoms with Gasteiger partial charge in [0.1, 0.15) is 0 Å². The molecular formula is C12H21Cl2N3. The zero-order chi connectivity index (χ0) is 10.7. The third-order valence-corrected chi connectivity index (χ3v) is 3.06. The quantitative estimate of drug-likeness (QED) is 0.830. The largest absolute Gasteiger partial charge is 0.399 e. The lowest BCUT2D eigenvalue weighted by Gasteiger charge is -2.15. The molecule has 5 heteroatoms. The standard InChI is InChI=1S/C12H19N3.2ClH/c13-7-11-4-5-15(9-11)8-10-2-1-3-12(14)6-10;;/h1-3,6,11H,4-5,7-9,13-14H2;2*1H. The lowest BCUT2D eigenvalue weighted by Crippen LogP contribution is -2.22. The summed E-state index contributed by atoms with van der Waals surface area (Å²) in [6.45, 7) is 4.11. The van der Waals surface area contributed by atoms with E-state index in [9.17, 15) is 0 Å². The Kier molecular flexibility index (Phi) is 7.55. The summed E-state index contributed by atoms with van der Waals surface area (Å²) in [5, 5.41) is 0. The van der Waals surface area contributed by atoms with E-state index in [1.807, 2.05) is 12.1 Å². The number of hydrogen-bond acceptors (Lipinski definition) is 3. The third kappa shape index (κ3) is 4.72. The molecule has 1 aromatic carbocycles. The minimum Gasteiger partial charge on any atom is -0.399 e. The van der Waals surface area contributed by atoms with Crippen LogP contribution in [-0.2, 0) is 6.54 Å². The van der Waals surface area contributed by atoms with Crippen molar-refractivity contribution in [2.45, 2.75) is 13.0 Å². The van der Waals surface area contributed by atoms with E-state index < -0.39 is 0 Å². The molecule has 0 amide bonds. The first kappa shape index (κ1) is 16.5. The van der Waals surface area contributed by atoms with Crippen molar-refractivity contribution in [1.29, 1.82) is 0 Å². The van der Waals surface area contributed by atoms with Crippen LogP contribution in [0.25, 0.3) is 0 Å². The summed E-state index contributed by atoms with van der Waals surface area (Å²) in [4.78, 5) is 2.45. The van der Waals surface area contributed by atoms with Gasteiger partial charge < -0.3 is 11.5 Å². The molecule has 1 aromatic rings. The number of halogens is 2. The van der Waals surface area contributed by atoms with Gasteiger partial charge in [-0.2, -0.15) is 0 Å². The van der Waals surface area contributed by atoms with Crippen LogP contribution in [0.1, 0.15) is 12.0 Å². The van der Waals surface area contributed by atoms with Crippen LogP contribution in [0, 0.1) is 5.92 Å². The zero-order valence-electron chi connectivity index (χ0n) is 9.84. The van der Waals surface area contributed by atoms with E-state index in [2.05, 4.69) is 17.0 Å². The van der Waals surface area contributed by atoms with E-state index in [1.165, 1.54) is 12.0 Å². The van der Waals surface area contributed by atoms with Gasteiger partial charge in [-0.25, -0.2) is 0 Å². The van der Waals surface area contributed by atoms with Crippen molar-refractivity contribution in [2.24, 2.45) is 11.7 Å². The van der Waals surface area contributed by atoms with E-state index in [1.54, 1.807) is 0 Å². The van der Waals surface area contributed by atoms with E-state index in [4.69, 9.17) is 11.5 Å². The van der Waals surface area contributed by atoms with Gasteiger partial charge in [-0.05, 0) is 43.1 Å². The van der Waals surface area contributed by atoms with Crippen LogP contribution in [0.15, 0.2) is 24.3 Å². The van der Waals surface area contributed by atoms with Crippen molar-refractivity contribution >= 4 is 30.5 Å². The molecule has 4 N–H and O–H groups in total. The van der Waals surface area contributed by atoms with Gasteiger partial charge in [0.05, 0.1) is 0 Å². The number of nitrogens with zero attached hydrogens (tertiary/aromatic N) is 1. The van der Waals surface area contributed by atoms with Gasteiger partial charge in [0.2, 0.25) is 0 Å². The van der Waals surface area contributed by atoms with Crippen molar-refractivity contribution < 1.29 is 0 Å². The molecule has 0 bridgehead atoms. The second-order valence-corrected chi connectivity index (χ2v) is 4.37.